The lowest BCUT2D eigenvalue weighted by atomic mass is 10.1. The minimum Gasteiger partial charge on any atom is -0.370 e. The Labute approximate surface area is 112 Å². The first-order chi connectivity index (χ1) is 9.50. The molecule has 0 amide bonds. The van der Waals surface area contributed by atoms with Crippen LogP contribution in [0.3, 0.4) is 0 Å². The number of hydrogen-bond donors (Lipinski definition) is 1. The van der Waals surface area contributed by atoms with Gasteiger partial charge in [-0.1, -0.05) is 17.3 Å². The lowest BCUT2D eigenvalue weighted by Crippen LogP contribution is -2.08. The predicted octanol–water partition coefficient (Wildman–Crippen LogP) is 2.23. The van der Waals surface area contributed by atoms with Crippen LogP contribution in [0.5, 0.6) is 0 Å². The molecule has 0 saturated carbocycles. The predicted molar refractivity (Wildman–Crippen MR) is 63.4 cm³/mol. The summed E-state index contributed by atoms with van der Waals surface area (Å²) >= 11 is 0. The van der Waals surface area contributed by atoms with Gasteiger partial charge in [0.15, 0.2) is 0 Å². The maximum absolute atomic E-state index is 12.6. The van der Waals surface area contributed by atoms with Gasteiger partial charge < -0.3 is 15.0 Å². The molecule has 0 bridgehead atoms. The summed E-state index contributed by atoms with van der Waals surface area (Å²) in [4.78, 5) is 3.96. The second-order valence-corrected chi connectivity index (χ2v) is 3.93. The average molecular weight is 287 g/mol. The van der Waals surface area contributed by atoms with E-state index >= 15 is 0 Å². The zero-order valence-electron chi connectivity index (χ0n) is 10.4. The summed E-state index contributed by atoms with van der Waals surface area (Å²) in [6, 6.07) is 4.72. The van der Waals surface area contributed by atoms with E-state index in [2.05, 4.69) is 10.1 Å². The average Bonchev–Trinajstić information content (AvgIpc) is 2.87. The molecule has 0 aliphatic carbocycles. The van der Waals surface area contributed by atoms with Crippen LogP contribution >= 0.6 is 0 Å². The highest BCUT2D eigenvalue weighted by molar-refractivity contribution is 5.55. The molecule has 0 unspecified atom stereocenters. The molecule has 0 radical (unpaired) electrons. The van der Waals surface area contributed by atoms with Crippen molar-refractivity contribution in [2.45, 2.75) is 12.8 Å². The molecule has 0 saturated heterocycles. The molecule has 0 atom stereocenters. The fourth-order valence-electron chi connectivity index (χ4n) is 1.51. The topological polar surface area (TPSA) is 74.2 Å². The van der Waals surface area contributed by atoms with Gasteiger partial charge in [0.1, 0.15) is 6.61 Å². The van der Waals surface area contributed by atoms with E-state index in [0.717, 1.165) is 12.1 Å². The van der Waals surface area contributed by atoms with Crippen molar-refractivity contribution < 1.29 is 22.4 Å². The maximum Gasteiger partial charge on any atom is 0.416 e. The van der Waals surface area contributed by atoms with Gasteiger partial charge in [-0.15, -0.1) is 0 Å². The van der Waals surface area contributed by atoms with Gasteiger partial charge in [0.05, 0.1) is 12.2 Å². The molecular weight excluding hydrogens is 275 g/mol. The standard InChI is InChI=1S/C12H12F3N3O2/c13-12(14,15)9-3-1-2-8(6-9)11-17-10(20-18-11)7-19-5-4-16/h1-3,6H,4-5,7,16H2. The number of benzene rings is 1. The smallest absolute Gasteiger partial charge is 0.370 e. The van der Waals surface area contributed by atoms with Gasteiger partial charge in [0.2, 0.25) is 5.82 Å². The number of alkyl halides is 3. The normalized spacial score (nSPS) is 11.8. The molecule has 108 valence electrons. The van der Waals surface area contributed by atoms with E-state index in [1.165, 1.54) is 12.1 Å². The Morgan fingerprint density at radius 3 is 2.80 bits per heavy atom. The highest BCUT2D eigenvalue weighted by atomic mass is 19.4. The Kier molecular flexibility index (Phi) is 4.35. The summed E-state index contributed by atoms with van der Waals surface area (Å²) in [6.45, 7) is 0.763. The molecule has 2 N–H and O–H groups in total. The third-order valence-corrected chi connectivity index (χ3v) is 2.40. The molecule has 8 heteroatoms. The largest absolute Gasteiger partial charge is 0.416 e. The van der Waals surface area contributed by atoms with Crippen molar-refractivity contribution >= 4 is 0 Å². The molecule has 0 aliphatic heterocycles. The number of rotatable bonds is 5. The molecular formula is C12H12F3N3O2. The molecule has 1 aromatic carbocycles. The monoisotopic (exact) mass is 287 g/mol. The summed E-state index contributed by atoms with van der Waals surface area (Å²) in [7, 11) is 0. The van der Waals surface area contributed by atoms with E-state index in [4.69, 9.17) is 15.0 Å². The number of nitrogens with two attached hydrogens (primary N) is 1. The fourth-order valence-corrected chi connectivity index (χ4v) is 1.51. The molecule has 0 fully saturated rings. The summed E-state index contributed by atoms with van der Waals surface area (Å²) in [5.74, 6) is 0.272. The van der Waals surface area contributed by atoms with Crippen LogP contribution in [0, 0.1) is 0 Å². The van der Waals surface area contributed by atoms with Gasteiger partial charge in [-0.3, -0.25) is 0 Å². The molecule has 0 aliphatic rings. The number of halogens is 3. The minimum atomic E-state index is -4.41. The number of nitrogens with zero attached hydrogens (tertiary/aromatic N) is 2. The van der Waals surface area contributed by atoms with Crippen LogP contribution in [0.1, 0.15) is 11.5 Å². The van der Waals surface area contributed by atoms with Crippen LogP contribution < -0.4 is 5.73 Å². The van der Waals surface area contributed by atoms with Crippen LogP contribution in [0.15, 0.2) is 28.8 Å². The summed E-state index contributed by atoms with van der Waals surface area (Å²) in [5, 5.41) is 3.62. The lowest BCUT2D eigenvalue weighted by molar-refractivity contribution is -0.137. The van der Waals surface area contributed by atoms with Crippen LogP contribution in [0.4, 0.5) is 13.2 Å². The van der Waals surface area contributed by atoms with Gasteiger partial charge in [-0.2, -0.15) is 18.2 Å². The van der Waals surface area contributed by atoms with Crippen LogP contribution in [-0.2, 0) is 17.5 Å². The van der Waals surface area contributed by atoms with Crippen molar-refractivity contribution in [3.8, 4) is 11.4 Å². The molecule has 1 heterocycles. The Hall–Kier alpha value is -1.93. The van der Waals surface area contributed by atoms with E-state index < -0.39 is 11.7 Å². The van der Waals surface area contributed by atoms with Gasteiger partial charge in [0.25, 0.3) is 5.89 Å². The van der Waals surface area contributed by atoms with Crippen molar-refractivity contribution in [1.82, 2.24) is 10.1 Å². The van der Waals surface area contributed by atoms with Gasteiger partial charge >= 0.3 is 6.18 Å². The van der Waals surface area contributed by atoms with Gasteiger partial charge in [-0.05, 0) is 12.1 Å². The quantitative estimate of drug-likeness (QED) is 0.854. The molecule has 5 nitrogen and oxygen atoms in total. The Balaban J connectivity index is 2.16. The van der Waals surface area contributed by atoms with E-state index in [1.54, 1.807) is 0 Å². The lowest BCUT2D eigenvalue weighted by Gasteiger charge is -2.06. The number of ether oxygens (including phenoxy) is 1. The second-order valence-electron chi connectivity index (χ2n) is 3.93. The summed E-state index contributed by atoms with van der Waals surface area (Å²) in [6.07, 6.45) is -4.41. The van der Waals surface area contributed by atoms with Crippen LogP contribution in [0.2, 0.25) is 0 Å². The molecule has 2 rings (SSSR count). The minimum absolute atomic E-state index is 0.0726. The highest BCUT2D eigenvalue weighted by Gasteiger charge is 2.30. The van der Waals surface area contributed by atoms with E-state index in [9.17, 15) is 13.2 Å². The summed E-state index contributed by atoms with van der Waals surface area (Å²) < 4.78 is 47.8. The zero-order valence-corrected chi connectivity index (χ0v) is 10.4. The molecule has 20 heavy (non-hydrogen) atoms. The highest BCUT2D eigenvalue weighted by Crippen LogP contribution is 2.31. The second kappa shape index (κ2) is 6.02. The Morgan fingerprint density at radius 2 is 2.10 bits per heavy atom. The first-order valence-electron chi connectivity index (χ1n) is 5.78. The Morgan fingerprint density at radius 1 is 1.30 bits per heavy atom. The number of aromatic nitrogens is 2. The molecule has 0 spiro atoms. The van der Waals surface area contributed by atoms with E-state index in [-0.39, 0.29) is 23.9 Å². The van der Waals surface area contributed by atoms with Crippen molar-refractivity contribution in [3.05, 3.63) is 35.7 Å². The summed E-state index contributed by atoms with van der Waals surface area (Å²) in [5.41, 5.74) is 4.72. The van der Waals surface area contributed by atoms with Crippen LogP contribution in [0.25, 0.3) is 11.4 Å². The third kappa shape index (κ3) is 3.55. The maximum atomic E-state index is 12.6. The van der Waals surface area contributed by atoms with E-state index in [1.807, 2.05) is 0 Å². The van der Waals surface area contributed by atoms with Crippen molar-refractivity contribution in [2.24, 2.45) is 5.73 Å². The van der Waals surface area contributed by atoms with Gasteiger partial charge in [-0.25, -0.2) is 0 Å². The van der Waals surface area contributed by atoms with E-state index in [0.29, 0.717) is 13.2 Å². The van der Waals surface area contributed by atoms with Crippen molar-refractivity contribution in [2.75, 3.05) is 13.2 Å². The van der Waals surface area contributed by atoms with Gasteiger partial charge in [0, 0.05) is 12.1 Å². The zero-order chi connectivity index (χ0) is 14.6. The first-order valence-corrected chi connectivity index (χ1v) is 5.78. The van der Waals surface area contributed by atoms with Crippen molar-refractivity contribution in [1.29, 1.82) is 0 Å². The van der Waals surface area contributed by atoms with Crippen molar-refractivity contribution in [3.63, 3.8) is 0 Å². The number of hydrogen-bond acceptors (Lipinski definition) is 5. The van der Waals surface area contributed by atoms with Crippen LogP contribution in [-0.4, -0.2) is 23.3 Å². The SMILES string of the molecule is NCCOCc1nc(-c2cccc(C(F)(F)F)c2)no1. The first kappa shape index (κ1) is 14.5. The third-order valence-electron chi connectivity index (χ3n) is 2.40. The molecule has 2 aromatic rings. The fraction of sp³-hybridized carbons (Fsp3) is 0.333. The molecule has 1 aromatic heterocycles. The Bertz CT molecular complexity index is 569.